The van der Waals surface area contributed by atoms with Crippen molar-refractivity contribution in [2.75, 3.05) is 0 Å². The largest absolute Gasteiger partial charge is 0.459 e. The van der Waals surface area contributed by atoms with Crippen molar-refractivity contribution in [3.8, 4) is 0 Å². The van der Waals surface area contributed by atoms with Crippen molar-refractivity contribution in [3.63, 3.8) is 0 Å². The molecule has 0 amide bonds. The molecule has 0 spiro atoms. The first-order valence-electron chi connectivity index (χ1n) is 5.79. The maximum Gasteiger partial charge on any atom is 0.459 e. The number of fused-ring (bicyclic) bond motifs is 3. The number of aromatic nitrogens is 1. The third-order valence-electron chi connectivity index (χ3n) is 3.59. The van der Waals surface area contributed by atoms with E-state index in [9.17, 15) is 10.0 Å². The van der Waals surface area contributed by atoms with Crippen LogP contribution in [0.25, 0.3) is 17.0 Å². The molecular formula is C13H14BNO2. The average molecular weight is 227 g/mol. The lowest BCUT2D eigenvalue weighted by atomic mass is 9.67. The number of para-hydroxylation sites is 1. The Morgan fingerprint density at radius 1 is 1.29 bits per heavy atom. The van der Waals surface area contributed by atoms with E-state index in [1.165, 1.54) is 22.2 Å². The van der Waals surface area contributed by atoms with Gasteiger partial charge in [0.15, 0.2) is 0 Å². The van der Waals surface area contributed by atoms with Gasteiger partial charge < -0.3 is 14.6 Å². The normalized spacial score (nSPS) is 18.4. The van der Waals surface area contributed by atoms with Gasteiger partial charge in [-0.1, -0.05) is 24.3 Å². The molecule has 3 rings (SSSR count). The number of rotatable bonds is 1. The lowest BCUT2D eigenvalue weighted by Crippen LogP contribution is -2.22. The number of nitrogens with zero attached hydrogens (tertiary/aromatic N) is 1. The van der Waals surface area contributed by atoms with E-state index in [1.54, 1.807) is 0 Å². The molecule has 3 nitrogen and oxygen atoms in total. The van der Waals surface area contributed by atoms with Gasteiger partial charge >= 0.3 is 7.12 Å². The van der Waals surface area contributed by atoms with Gasteiger partial charge in [-0.05, 0) is 24.1 Å². The van der Waals surface area contributed by atoms with Crippen molar-refractivity contribution in [1.82, 2.24) is 4.57 Å². The molecule has 2 aromatic rings. The van der Waals surface area contributed by atoms with E-state index in [2.05, 4.69) is 16.7 Å². The molecule has 0 fully saturated rings. The molecule has 4 heteroatoms. The summed E-state index contributed by atoms with van der Waals surface area (Å²) in [5.41, 5.74) is 3.57. The van der Waals surface area contributed by atoms with Crippen LogP contribution in [-0.2, 0) is 13.5 Å². The highest BCUT2D eigenvalue weighted by molar-refractivity contribution is 6.44. The summed E-state index contributed by atoms with van der Waals surface area (Å²) in [6.45, 7) is 0. The Morgan fingerprint density at radius 3 is 2.82 bits per heavy atom. The molecule has 2 N–H and O–H groups in total. The summed E-state index contributed by atoms with van der Waals surface area (Å²) in [6, 6.07) is 8.22. The first-order chi connectivity index (χ1) is 8.18. The third kappa shape index (κ3) is 1.52. The molecule has 1 heterocycles. The van der Waals surface area contributed by atoms with E-state index in [0.717, 1.165) is 0 Å². The fraction of sp³-hybridized carbons (Fsp3) is 0.231. The van der Waals surface area contributed by atoms with Crippen molar-refractivity contribution < 1.29 is 10.0 Å². The molecular weight excluding hydrogens is 213 g/mol. The van der Waals surface area contributed by atoms with Crippen LogP contribution in [0.15, 0.2) is 30.3 Å². The molecule has 1 aliphatic rings. The van der Waals surface area contributed by atoms with Gasteiger partial charge in [0.05, 0.1) is 0 Å². The standard InChI is InChI=1S/C13H14BNO2/c1-15-12-5-3-2-4-10(12)11-8-9(14(16)17)6-7-13(11)15/h2-7,9,16-17H,8H2,1H3. The Balaban J connectivity index is 2.21. The highest BCUT2D eigenvalue weighted by Crippen LogP contribution is 2.34. The molecule has 1 atom stereocenters. The van der Waals surface area contributed by atoms with E-state index < -0.39 is 7.12 Å². The van der Waals surface area contributed by atoms with Crippen LogP contribution in [0.5, 0.6) is 0 Å². The zero-order chi connectivity index (χ0) is 12.0. The Hall–Kier alpha value is -1.52. The zero-order valence-corrected chi connectivity index (χ0v) is 9.67. The monoisotopic (exact) mass is 227 g/mol. The lowest BCUT2D eigenvalue weighted by Gasteiger charge is -2.16. The highest BCUT2D eigenvalue weighted by Gasteiger charge is 2.27. The van der Waals surface area contributed by atoms with E-state index in [1.807, 2.05) is 31.3 Å². The second kappa shape index (κ2) is 3.76. The smallest absolute Gasteiger partial charge is 0.427 e. The van der Waals surface area contributed by atoms with Crippen molar-refractivity contribution in [1.29, 1.82) is 0 Å². The number of hydrogen-bond acceptors (Lipinski definition) is 2. The topological polar surface area (TPSA) is 45.4 Å². The number of aryl methyl sites for hydroxylation is 1. The Labute approximate surface area is 100 Å². The number of allylic oxidation sites excluding steroid dienone is 1. The quantitative estimate of drug-likeness (QED) is 0.726. The van der Waals surface area contributed by atoms with E-state index in [0.29, 0.717) is 6.42 Å². The third-order valence-corrected chi connectivity index (χ3v) is 3.59. The van der Waals surface area contributed by atoms with Gasteiger partial charge in [-0.2, -0.15) is 0 Å². The Morgan fingerprint density at radius 2 is 2.06 bits per heavy atom. The van der Waals surface area contributed by atoms with Crippen LogP contribution in [0.4, 0.5) is 0 Å². The van der Waals surface area contributed by atoms with Crippen LogP contribution in [0.1, 0.15) is 11.3 Å². The van der Waals surface area contributed by atoms with Gasteiger partial charge in [0.2, 0.25) is 0 Å². The minimum Gasteiger partial charge on any atom is -0.427 e. The first kappa shape index (κ1) is 10.6. The summed E-state index contributed by atoms with van der Waals surface area (Å²) in [5.74, 6) is -0.201. The van der Waals surface area contributed by atoms with Crippen molar-refractivity contribution in [2.45, 2.75) is 12.2 Å². The van der Waals surface area contributed by atoms with E-state index in [4.69, 9.17) is 0 Å². The second-order valence-corrected chi connectivity index (χ2v) is 4.58. The van der Waals surface area contributed by atoms with Crippen molar-refractivity contribution >= 4 is 24.1 Å². The van der Waals surface area contributed by atoms with Crippen LogP contribution < -0.4 is 0 Å². The minimum atomic E-state index is -1.28. The Kier molecular flexibility index (Phi) is 2.35. The first-order valence-corrected chi connectivity index (χ1v) is 5.79. The fourth-order valence-corrected chi connectivity index (χ4v) is 2.64. The molecule has 0 saturated heterocycles. The van der Waals surface area contributed by atoms with Gasteiger partial charge in [0, 0.05) is 29.5 Å². The number of hydrogen-bond donors (Lipinski definition) is 2. The predicted molar refractivity (Wildman–Crippen MR) is 69.6 cm³/mol. The molecule has 1 unspecified atom stereocenters. The summed E-state index contributed by atoms with van der Waals surface area (Å²) >= 11 is 0. The molecule has 0 radical (unpaired) electrons. The molecule has 1 aliphatic carbocycles. The Bertz CT molecular complexity index is 601. The molecule has 17 heavy (non-hydrogen) atoms. The van der Waals surface area contributed by atoms with Gasteiger partial charge in [0.25, 0.3) is 0 Å². The van der Waals surface area contributed by atoms with Crippen LogP contribution in [-0.4, -0.2) is 21.7 Å². The van der Waals surface area contributed by atoms with Gasteiger partial charge in [-0.25, -0.2) is 0 Å². The molecule has 0 bridgehead atoms. The molecule has 1 aromatic carbocycles. The zero-order valence-electron chi connectivity index (χ0n) is 9.67. The van der Waals surface area contributed by atoms with E-state index in [-0.39, 0.29) is 5.82 Å². The van der Waals surface area contributed by atoms with Crippen LogP contribution in [0, 0.1) is 0 Å². The second-order valence-electron chi connectivity index (χ2n) is 4.58. The maximum absolute atomic E-state index is 9.28. The van der Waals surface area contributed by atoms with Gasteiger partial charge in [-0.3, -0.25) is 0 Å². The summed E-state index contributed by atoms with van der Waals surface area (Å²) in [5, 5.41) is 19.8. The molecule has 86 valence electrons. The van der Waals surface area contributed by atoms with Crippen molar-refractivity contribution in [2.24, 2.45) is 7.05 Å². The molecule has 0 saturated carbocycles. The highest BCUT2D eigenvalue weighted by atomic mass is 16.4. The van der Waals surface area contributed by atoms with Crippen LogP contribution in [0.3, 0.4) is 0 Å². The lowest BCUT2D eigenvalue weighted by molar-refractivity contribution is 0.393. The summed E-state index contributed by atoms with van der Waals surface area (Å²) in [4.78, 5) is 0. The van der Waals surface area contributed by atoms with Gasteiger partial charge in [-0.15, -0.1) is 0 Å². The molecule has 0 aliphatic heterocycles. The van der Waals surface area contributed by atoms with E-state index >= 15 is 0 Å². The SMILES string of the molecule is Cn1c2c(c3ccccc31)CC(B(O)O)C=C2. The maximum atomic E-state index is 9.28. The summed E-state index contributed by atoms with van der Waals surface area (Å²) < 4.78 is 2.15. The van der Waals surface area contributed by atoms with Crippen molar-refractivity contribution in [3.05, 3.63) is 41.6 Å². The summed E-state index contributed by atoms with van der Waals surface area (Å²) in [7, 11) is 0.764. The predicted octanol–water partition coefficient (Wildman–Crippen LogP) is 1.59. The molecule has 1 aromatic heterocycles. The van der Waals surface area contributed by atoms with Crippen LogP contribution >= 0.6 is 0 Å². The minimum absolute atomic E-state index is 0.201. The summed E-state index contributed by atoms with van der Waals surface area (Å²) in [6.07, 6.45) is 4.56. The van der Waals surface area contributed by atoms with Crippen LogP contribution in [0.2, 0.25) is 5.82 Å². The number of benzene rings is 1. The average Bonchev–Trinajstić information content (AvgIpc) is 2.64. The fourth-order valence-electron chi connectivity index (χ4n) is 2.64. The van der Waals surface area contributed by atoms with Gasteiger partial charge in [0.1, 0.15) is 0 Å².